The Morgan fingerprint density at radius 2 is 2.12 bits per heavy atom. The van der Waals surface area contributed by atoms with Gasteiger partial charge in [-0.2, -0.15) is 0 Å². The van der Waals surface area contributed by atoms with E-state index in [4.69, 9.17) is 4.74 Å². The normalized spacial score (nSPS) is 28.7. The van der Waals surface area contributed by atoms with Gasteiger partial charge in [-0.25, -0.2) is 0 Å². The maximum absolute atomic E-state index is 12.0. The van der Waals surface area contributed by atoms with Gasteiger partial charge >= 0.3 is 0 Å². The van der Waals surface area contributed by atoms with Crippen LogP contribution >= 0.6 is 12.4 Å². The fraction of sp³-hybridized carbons (Fsp3) is 0.917. The highest BCUT2D eigenvalue weighted by Gasteiger charge is 2.29. The van der Waals surface area contributed by atoms with Gasteiger partial charge in [0, 0.05) is 6.54 Å². The van der Waals surface area contributed by atoms with Crippen molar-refractivity contribution in [3.8, 4) is 0 Å². The zero-order valence-corrected chi connectivity index (χ0v) is 11.5. The third-order valence-corrected chi connectivity index (χ3v) is 3.61. The van der Waals surface area contributed by atoms with Gasteiger partial charge < -0.3 is 15.0 Å². The minimum atomic E-state index is 0. The smallest absolute Gasteiger partial charge is 0.236 e. The van der Waals surface area contributed by atoms with E-state index >= 15 is 0 Å². The van der Waals surface area contributed by atoms with Crippen molar-refractivity contribution in [1.82, 2.24) is 10.2 Å². The van der Waals surface area contributed by atoms with Gasteiger partial charge in [0.1, 0.15) is 0 Å². The van der Waals surface area contributed by atoms with Gasteiger partial charge in [-0.15, -0.1) is 12.4 Å². The van der Waals surface area contributed by atoms with E-state index in [1.54, 1.807) is 0 Å². The Kier molecular flexibility index (Phi) is 5.70. The van der Waals surface area contributed by atoms with Crippen LogP contribution < -0.4 is 5.32 Å². The van der Waals surface area contributed by atoms with E-state index in [2.05, 4.69) is 12.2 Å². The molecule has 0 radical (unpaired) electrons. The van der Waals surface area contributed by atoms with Crippen LogP contribution in [0, 0.1) is 5.92 Å². The lowest BCUT2D eigenvalue weighted by Gasteiger charge is -2.37. The number of hydrogen-bond donors (Lipinski definition) is 1. The molecule has 0 spiro atoms. The standard InChI is InChI=1S/C12H22N2O2.ClH/c1-9-10(2)16-6-5-14(9)12(15)8-13-7-11-3-4-11;/h9-11,13H,3-8H2,1-2H3;1H. The van der Waals surface area contributed by atoms with E-state index in [1.807, 2.05) is 11.8 Å². The van der Waals surface area contributed by atoms with Crippen LogP contribution in [0.4, 0.5) is 0 Å². The second kappa shape index (κ2) is 6.57. The summed E-state index contributed by atoms with van der Waals surface area (Å²) in [5.74, 6) is 1.04. The average Bonchev–Trinajstić information content (AvgIpc) is 3.06. The molecule has 4 nitrogen and oxygen atoms in total. The van der Waals surface area contributed by atoms with Gasteiger partial charge in [0.05, 0.1) is 25.3 Å². The number of carbonyl (C=O) groups is 1. The summed E-state index contributed by atoms with van der Waals surface area (Å²) < 4.78 is 5.51. The highest BCUT2D eigenvalue weighted by Crippen LogP contribution is 2.27. The van der Waals surface area contributed by atoms with E-state index in [-0.39, 0.29) is 30.5 Å². The first-order chi connectivity index (χ1) is 7.68. The molecule has 1 saturated carbocycles. The van der Waals surface area contributed by atoms with Crippen molar-refractivity contribution in [2.45, 2.75) is 38.8 Å². The third-order valence-electron chi connectivity index (χ3n) is 3.61. The Morgan fingerprint density at radius 3 is 2.76 bits per heavy atom. The van der Waals surface area contributed by atoms with Crippen molar-refractivity contribution in [2.24, 2.45) is 5.92 Å². The number of hydrogen-bond acceptors (Lipinski definition) is 3. The second-order valence-corrected chi connectivity index (χ2v) is 4.98. The molecular weight excluding hydrogens is 240 g/mol. The van der Waals surface area contributed by atoms with Crippen molar-refractivity contribution < 1.29 is 9.53 Å². The molecule has 2 aliphatic rings. The molecule has 1 heterocycles. The number of carbonyl (C=O) groups excluding carboxylic acids is 1. The summed E-state index contributed by atoms with van der Waals surface area (Å²) in [6.07, 6.45) is 2.80. The quantitative estimate of drug-likeness (QED) is 0.823. The first kappa shape index (κ1) is 14.7. The van der Waals surface area contributed by atoms with Gasteiger partial charge in [-0.05, 0) is 39.2 Å². The molecule has 17 heavy (non-hydrogen) atoms. The number of nitrogens with one attached hydrogen (secondary N) is 1. The molecule has 0 aromatic carbocycles. The molecular formula is C12H23ClN2O2. The van der Waals surface area contributed by atoms with Crippen LogP contribution in [0.2, 0.25) is 0 Å². The average molecular weight is 263 g/mol. The Hall–Kier alpha value is -0.320. The maximum atomic E-state index is 12.0. The molecule has 100 valence electrons. The molecule has 2 atom stereocenters. The first-order valence-electron chi connectivity index (χ1n) is 6.30. The second-order valence-electron chi connectivity index (χ2n) is 4.98. The molecule has 2 fully saturated rings. The maximum Gasteiger partial charge on any atom is 0.236 e. The van der Waals surface area contributed by atoms with Crippen LogP contribution in [0.1, 0.15) is 26.7 Å². The summed E-state index contributed by atoms with van der Waals surface area (Å²) in [5, 5.41) is 3.25. The zero-order valence-electron chi connectivity index (χ0n) is 10.6. The van der Waals surface area contributed by atoms with Crippen LogP contribution in [-0.2, 0) is 9.53 Å². The molecule has 1 amide bonds. The molecule has 1 aliphatic heterocycles. The largest absolute Gasteiger partial charge is 0.375 e. The Bertz CT molecular complexity index is 259. The predicted octanol–water partition coefficient (Wildman–Crippen LogP) is 1.04. The number of nitrogens with zero attached hydrogens (tertiary/aromatic N) is 1. The van der Waals surface area contributed by atoms with Crippen LogP contribution in [-0.4, -0.2) is 49.2 Å². The van der Waals surface area contributed by atoms with Crippen LogP contribution in [0.3, 0.4) is 0 Å². The van der Waals surface area contributed by atoms with Crippen molar-refractivity contribution in [3.63, 3.8) is 0 Å². The molecule has 1 saturated heterocycles. The predicted molar refractivity (Wildman–Crippen MR) is 69.4 cm³/mol. The lowest BCUT2D eigenvalue weighted by atomic mass is 10.1. The number of ether oxygens (including phenoxy) is 1. The monoisotopic (exact) mass is 262 g/mol. The third kappa shape index (κ3) is 4.12. The van der Waals surface area contributed by atoms with Crippen molar-refractivity contribution in [1.29, 1.82) is 0 Å². The Labute approximate surface area is 109 Å². The number of halogens is 1. The minimum Gasteiger partial charge on any atom is -0.375 e. The van der Waals surface area contributed by atoms with Gasteiger partial charge in [0.2, 0.25) is 5.91 Å². The SMILES string of the molecule is CC1OCCN(C(=O)CNCC2CC2)C1C.Cl. The fourth-order valence-electron chi connectivity index (χ4n) is 2.09. The van der Waals surface area contributed by atoms with Gasteiger partial charge in [-0.3, -0.25) is 4.79 Å². The number of rotatable bonds is 4. The first-order valence-corrected chi connectivity index (χ1v) is 6.30. The lowest BCUT2D eigenvalue weighted by Crippen LogP contribution is -2.53. The molecule has 2 unspecified atom stereocenters. The van der Waals surface area contributed by atoms with E-state index < -0.39 is 0 Å². The van der Waals surface area contributed by atoms with Gasteiger partial charge in [-0.1, -0.05) is 0 Å². The molecule has 0 aromatic heterocycles. The Morgan fingerprint density at radius 1 is 1.41 bits per heavy atom. The van der Waals surface area contributed by atoms with Crippen molar-refractivity contribution >= 4 is 18.3 Å². The summed E-state index contributed by atoms with van der Waals surface area (Å²) in [6.45, 7) is 6.97. The summed E-state index contributed by atoms with van der Waals surface area (Å²) in [4.78, 5) is 13.9. The van der Waals surface area contributed by atoms with Crippen LogP contribution in [0.15, 0.2) is 0 Å². The van der Waals surface area contributed by atoms with Gasteiger partial charge in [0.15, 0.2) is 0 Å². The van der Waals surface area contributed by atoms with E-state index in [9.17, 15) is 4.79 Å². The summed E-state index contributed by atoms with van der Waals surface area (Å²) in [6, 6.07) is 0.198. The topological polar surface area (TPSA) is 41.6 Å². The van der Waals surface area contributed by atoms with Crippen LogP contribution in [0.25, 0.3) is 0 Å². The summed E-state index contributed by atoms with van der Waals surface area (Å²) in [5.41, 5.74) is 0. The minimum absolute atomic E-state index is 0. The fourth-order valence-corrected chi connectivity index (χ4v) is 2.09. The van der Waals surface area contributed by atoms with E-state index in [1.165, 1.54) is 12.8 Å². The molecule has 0 bridgehead atoms. The highest BCUT2D eigenvalue weighted by molar-refractivity contribution is 5.85. The molecule has 1 aliphatic carbocycles. The Balaban J connectivity index is 0.00000144. The summed E-state index contributed by atoms with van der Waals surface area (Å²) >= 11 is 0. The lowest BCUT2D eigenvalue weighted by molar-refractivity contribution is -0.142. The zero-order chi connectivity index (χ0) is 11.5. The van der Waals surface area contributed by atoms with Gasteiger partial charge in [0.25, 0.3) is 0 Å². The van der Waals surface area contributed by atoms with Crippen LogP contribution in [0.5, 0.6) is 0 Å². The van der Waals surface area contributed by atoms with E-state index in [0.29, 0.717) is 13.2 Å². The number of morpholine rings is 1. The molecule has 1 N–H and O–H groups in total. The highest BCUT2D eigenvalue weighted by atomic mass is 35.5. The molecule has 5 heteroatoms. The molecule has 0 aromatic rings. The van der Waals surface area contributed by atoms with E-state index in [0.717, 1.165) is 19.0 Å². The van der Waals surface area contributed by atoms with Crippen molar-refractivity contribution in [2.75, 3.05) is 26.2 Å². The number of amides is 1. The molecule has 2 rings (SSSR count). The van der Waals surface area contributed by atoms with Crippen molar-refractivity contribution in [3.05, 3.63) is 0 Å². The summed E-state index contributed by atoms with van der Waals surface area (Å²) in [7, 11) is 0.